The minimum Gasteiger partial charge on any atom is -0.478 e. The highest BCUT2D eigenvalue weighted by Gasteiger charge is 2.33. The van der Waals surface area contributed by atoms with Crippen LogP contribution in [0.15, 0.2) is 23.1 Å². The zero-order valence-electron chi connectivity index (χ0n) is 11.4. The van der Waals surface area contributed by atoms with E-state index in [9.17, 15) is 13.2 Å². The number of carboxylic acid groups (broad SMARTS) is 1. The van der Waals surface area contributed by atoms with E-state index in [0.717, 1.165) is 6.07 Å². The number of aromatic carboxylic acids is 1. The summed E-state index contributed by atoms with van der Waals surface area (Å²) in [7, 11) is -3.91. The third-order valence-electron chi connectivity index (χ3n) is 3.44. The van der Waals surface area contributed by atoms with Crippen LogP contribution in [0.25, 0.3) is 0 Å². The Morgan fingerprint density at radius 1 is 1.38 bits per heavy atom. The lowest BCUT2D eigenvalue weighted by Gasteiger charge is -2.34. The van der Waals surface area contributed by atoms with Crippen molar-refractivity contribution in [2.75, 3.05) is 13.2 Å². The van der Waals surface area contributed by atoms with Crippen molar-refractivity contribution in [3.63, 3.8) is 0 Å². The summed E-state index contributed by atoms with van der Waals surface area (Å²) < 4.78 is 32.8. The Kier molecular flexibility index (Phi) is 4.57. The number of hydrogen-bond acceptors (Lipinski definition) is 4. The first-order valence-electron chi connectivity index (χ1n) is 6.38. The lowest BCUT2D eigenvalue weighted by Crippen LogP contribution is -2.49. The number of halogens is 1. The summed E-state index contributed by atoms with van der Waals surface area (Å²) in [4.78, 5) is 10.7. The second kappa shape index (κ2) is 5.92. The first-order valence-corrected chi connectivity index (χ1v) is 8.24. The van der Waals surface area contributed by atoms with Gasteiger partial charge in [-0.3, -0.25) is 0 Å². The number of sulfonamides is 1. The molecule has 2 N–H and O–H groups in total. The van der Waals surface area contributed by atoms with Gasteiger partial charge in [0.15, 0.2) is 0 Å². The lowest BCUT2D eigenvalue weighted by molar-refractivity contribution is 0.0537. The molecule has 1 aromatic rings. The van der Waals surface area contributed by atoms with E-state index >= 15 is 0 Å². The van der Waals surface area contributed by atoms with Gasteiger partial charge in [-0.15, -0.1) is 0 Å². The molecular formula is C13H16ClNO5S. The molecule has 6 nitrogen and oxygen atoms in total. The molecule has 0 saturated carbocycles. The van der Waals surface area contributed by atoms with Crippen LogP contribution in [0.1, 0.15) is 30.1 Å². The highest BCUT2D eigenvalue weighted by Crippen LogP contribution is 2.27. The van der Waals surface area contributed by atoms with Gasteiger partial charge in [0, 0.05) is 18.8 Å². The molecule has 0 aromatic heterocycles. The van der Waals surface area contributed by atoms with Crippen molar-refractivity contribution in [1.29, 1.82) is 0 Å². The summed E-state index contributed by atoms with van der Waals surface area (Å²) in [5.41, 5.74) is -0.753. The van der Waals surface area contributed by atoms with E-state index in [4.69, 9.17) is 21.4 Å². The molecule has 1 fully saturated rings. The molecular weight excluding hydrogens is 318 g/mol. The standard InChI is InChI=1S/C13H16ClNO5S/c1-13(4-6-20-7-5-13)15-21(18,19)11-8-9(12(16)17)2-3-10(11)14/h2-3,8,15H,4-7H2,1H3,(H,16,17). The Bertz CT molecular complexity index is 653. The molecule has 0 aliphatic carbocycles. The summed E-state index contributed by atoms with van der Waals surface area (Å²) in [5, 5.41) is 8.95. The van der Waals surface area contributed by atoms with Crippen LogP contribution in [0.5, 0.6) is 0 Å². The summed E-state index contributed by atoms with van der Waals surface area (Å²) in [6.45, 7) is 2.74. The molecule has 0 spiro atoms. The third kappa shape index (κ3) is 3.74. The summed E-state index contributed by atoms with van der Waals surface area (Å²) in [6.07, 6.45) is 1.09. The SMILES string of the molecule is CC1(NS(=O)(=O)c2cc(C(=O)O)ccc2Cl)CCOCC1. The van der Waals surface area contributed by atoms with Crippen LogP contribution in [0.4, 0.5) is 0 Å². The molecule has 0 amide bonds. The molecule has 116 valence electrons. The second-order valence-electron chi connectivity index (χ2n) is 5.23. The molecule has 2 rings (SSSR count). The van der Waals surface area contributed by atoms with Gasteiger partial charge in [0.1, 0.15) is 4.90 Å². The fourth-order valence-corrected chi connectivity index (χ4v) is 4.14. The van der Waals surface area contributed by atoms with Crippen molar-refractivity contribution in [2.24, 2.45) is 0 Å². The van der Waals surface area contributed by atoms with Gasteiger partial charge in [-0.2, -0.15) is 0 Å². The molecule has 1 aromatic carbocycles. The number of benzene rings is 1. The van der Waals surface area contributed by atoms with Crippen molar-refractivity contribution in [3.05, 3.63) is 28.8 Å². The fourth-order valence-electron chi connectivity index (χ4n) is 2.15. The molecule has 1 aliphatic heterocycles. The predicted molar refractivity (Wildman–Crippen MR) is 77.2 cm³/mol. The minimum absolute atomic E-state index is 0.0110. The molecule has 0 radical (unpaired) electrons. The lowest BCUT2D eigenvalue weighted by atomic mass is 9.94. The molecule has 1 heterocycles. The first-order chi connectivity index (χ1) is 9.73. The summed E-state index contributed by atoms with van der Waals surface area (Å²) in [6, 6.07) is 3.60. The van der Waals surface area contributed by atoms with Gasteiger partial charge in [0.2, 0.25) is 10.0 Å². The molecule has 0 atom stereocenters. The number of carbonyl (C=O) groups is 1. The monoisotopic (exact) mass is 333 g/mol. The van der Waals surface area contributed by atoms with Crippen molar-refractivity contribution in [3.8, 4) is 0 Å². The molecule has 1 saturated heterocycles. The van der Waals surface area contributed by atoms with E-state index in [0.29, 0.717) is 26.1 Å². The average molecular weight is 334 g/mol. The van der Waals surface area contributed by atoms with Crippen LogP contribution >= 0.6 is 11.6 Å². The third-order valence-corrected chi connectivity index (χ3v) is 5.56. The van der Waals surface area contributed by atoms with Gasteiger partial charge < -0.3 is 9.84 Å². The van der Waals surface area contributed by atoms with Gasteiger partial charge in [0.25, 0.3) is 0 Å². The van der Waals surface area contributed by atoms with E-state index in [2.05, 4.69) is 4.72 Å². The maximum Gasteiger partial charge on any atom is 0.335 e. The first kappa shape index (κ1) is 16.2. The predicted octanol–water partition coefficient (Wildman–Crippen LogP) is 1.89. The minimum atomic E-state index is -3.91. The Hall–Kier alpha value is -1.15. The fraction of sp³-hybridized carbons (Fsp3) is 0.462. The van der Waals surface area contributed by atoms with Crippen LogP contribution in [0.2, 0.25) is 5.02 Å². The Labute approximate surface area is 128 Å². The quantitative estimate of drug-likeness (QED) is 0.877. The zero-order chi connectivity index (χ0) is 15.7. The number of rotatable bonds is 4. The van der Waals surface area contributed by atoms with Crippen LogP contribution in [0, 0.1) is 0 Å². The van der Waals surface area contributed by atoms with Crippen molar-refractivity contribution in [1.82, 2.24) is 4.72 Å². The van der Waals surface area contributed by atoms with E-state index in [-0.39, 0.29) is 15.5 Å². The molecule has 0 unspecified atom stereocenters. The number of nitrogens with one attached hydrogen (secondary N) is 1. The van der Waals surface area contributed by atoms with Crippen LogP contribution in [-0.4, -0.2) is 38.2 Å². The van der Waals surface area contributed by atoms with Gasteiger partial charge in [-0.25, -0.2) is 17.9 Å². The van der Waals surface area contributed by atoms with Crippen LogP contribution in [-0.2, 0) is 14.8 Å². The van der Waals surface area contributed by atoms with E-state index in [1.165, 1.54) is 12.1 Å². The largest absolute Gasteiger partial charge is 0.478 e. The maximum atomic E-state index is 12.5. The number of hydrogen-bond donors (Lipinski definition) is 2. The normalized spacial score (nSPS) is 18.4. The van der Waals surface area contributed by atoms with Gasteiger partial charge in [-0.1, -0.05) is 11.6 Å². The summed E-state index contributed by atoms with van der Waals surface area (Å²) >= 11 is 5.91. The highest BCUT2D eigenvalue weighted by atomic mass is 35.5. The highest BCUT2D eigenvalue weighted by molar-refractivity contribution is 7.89. The summed E-state index contributed by atoms with van der Waals surface area (Å²) in [5.74, 6) is -1.21. The molecule has 0 bridgehead atoms. The Morgan fingerprint density at radius 3 is 2.57 bits per heavy atom. The van der Waals surface area contributed by atoms with Gasteiger partial charge in [-0.05, 0) is 38.0 Å². The molecule has 8 heteroatoms. The van der Waals surface area contributed by atoms with E-state index < -0.39 is 21.5 Å². The molecule has 21 heavy (non-hydrogen) atoms. The topological polar surface area (TPSA) is 92.7 Å². The second-order valence-corrected chi connectivity index (χ2v) is 7.29. The van der Waals surface area contributed by atoms with E-state index in [1.54, 1.807) is 6.92 Å². The van der Waals surface area contributed by atoms with Gasteiger partial charge in [0.05, 0.1) is 10.6 Å². The Morgan fingerprint density at radius 2 is 2.00 bits per heavy atom. The van der Waals surface area contributed by atoms with E-state index in [1.807, 2.05) is 0 Å². The number of ether oxygens (including phenoxy) is 1. The van der Waals surface area contributed by atoms with Crippen LogP contribution in [0.3, 0.4) is 0 Å². The Balaban J connectivity index is 2.35. The average Bonchev–Trinajstić information content (AvgIpc) is 2.38. The van der Waals surface area contributed by atoms with Crippen molar-refractivity contribution >= 4 is 27.6 Å². The number of carboxylic acids is 1. The van der Waals surface area contributed by atoms with Crippen LogP contribution < -0.4 is 4.72 Å². The zero-order valence-corrected chi connectivity index (χ0v) is 13.0. The van der Waals surface area contributed by atoms with Gasteiger partial charge >= 0.3 is 5.97 Å². The maximum absolute atomic E-state index is 12.5. The molecule has 1 aliphatic rings. The van der Waals surface area contributed by atoms with Crippen molar-refractivity contribution in [2.45, 2.75) is 30.2 Å². The van der Waals surface area contributed by atoms with Crippen molar-refractivity contribution < 1.29 is 23.1 Å². The smallest absolute Gasteiger partial charge is 0.335 e.